The summed E-state index contributed by atoms with van der Waals surface area (Å²) in [6, 6.07) is 4.18. The van der Waals surface area contributed by atoms with E-state index in [2.05, 4.69) is 26.8 Å². The molecule has 96 valence electrons. The predicted octanol–water partition coefficient (Wildman–Crippen LogP) is 2.09. The minimum absolute atomic E-state index is 0.0256. The molecule has 0 saturated carbocycles. The molecule has 0 aliphatic rings. The van der Waals surface area contributed by atoms with E-state index < -0.39 is 5.54 Å². The number of nitrogens with two attached hydrogens (primary N) is 1. The van der Waals surface area contributed by atoms with Crippen LogP contribution in [0.3, 0.4) is 0 Å². The lowest BCUT2D eigenvalue weighted by atomic mass is 10.0. The average molecular weight is 237 g/mol. The second-order valence-corrected chi connectivity index (χ2v) is 5.12. The van der Waals surface area contributed by atoms with Gasteiger partial charge in [-0.2, -0.15) is 0 Å². The van der Waals surface area contributed by atoms with Crippen molar-refractivity contribution in [2.75, 3.05) is 13.2 Å². The Labute approximate surface area is 104 Å². The van der Waals surface area contributed by atoms with Crippen LogP contribution in [0.1, 0.15) is 30.0 Å². The molecule has 3 nitrogen and oxygen atoms in total. The highest BCUT2D eigenvalue weighted by molar-refractivity contribution is 5.41. The van der Waals surface area contributed by atoms with Crippen molar-refractivity contribution in [2.24, 2.45) is 5.73 Å². The van der Waals surface area contributed by atoms with E-state index in [0.717, 1.165) is 5.75 Å². The van der Waals surface area contributed by atoms with Crippen molar-refractivity contribution >= 4 is 0 Å². The number of hydrogen-bond donors (Lipinski definition) is 2. The van der Waals surface area contributed by atoms with E-state index in [1.54, 1.807) is 0 Å². The van der Waals surface area contributed by atoms with E-state index >= 15 is 0 Å². The number of hydrogen-bond acceptors (Lipinski definition) is 3. The summed E-state index contributed by atoms with van der Waals surface area (Å²) >= 11 is 0. The van der Waals surface area contributed by atoms with Crippen molar-refractivity contribution in [2.45, 2.75) is 39.7 Å². The molecule has 0 bridgehead atoms. The molecule has 0 aromatic heterocycles. The lowest BCUT2D eigenvalue weighted by Gasteiger charge is -2.22. The van der Waals surface area contributed by atoms with Crippen LogP contribution >= 0.6 is 0 Å². The van der Waals surface area contributed by atoms with E-state index in [9.17, 15) is 0 Å². The molecule has 1 atom stereocenters. The third-order valence-corrected chi connectivity index (χ3v) is 3.06. The van der Waals surface area contributed by atoms with Crippen LogP contribution in [0.5, 0.6) is 5.75 Å². The van der Waals surface area contributed by atoms with Crippen LogP contribution in [-0.4, -0.2) is 23.9 Å². The molecule has 0 amide bonds. The lowest BCUT2D eigenvalue weighted by Crippen LogP contribution is -2.41. The van der Waals surface area contributed by atoms with Gasteiger partial charge in [-0.1, -0.05) is 6.07 Å². The smallest absolute Gasteiger partial charge is 0.122 e. The van der Waals surface area contributed by atoms with Gasteiger partial charge in [0.1, 0.15) is 5.75 Å². The van der Waals surface area contributed by atoms with Crippen LogP contribution in [0, 0.1) is 20.8 Å². The Morgan fingerprint density at radius 1 is 1.29 bits per heavy atom. The molecule has 1 aromatic rings. The number of aryl methyl sites for hydroxylation is 2. The Kier molecular flexibility index (Phi) is 4.54. The van der Waals surface area contributed by atoms with Crippen molar-refractivity contribution in [3.8, 4) is 5.75 Å². The monoisotopic (exact) mass is 237 g/mol. The average Bonchev–Trinajstić information content (AvgIpc) is 2.24. The van der Waals surface area contributed by atoms with Crippen molar-refractivity contribution in [3.63, 3.8) is 0 Å². The Hall–Kier alpha value is -1.06. The van der Waals surface area contributed by atoms with Crippen LogP contribution in [0.15, 0.2) is 12.1 Å². The highest BCUT2D eigenvalue weighted by Crippen LogP contribution is 2.23. The SMILES string of the molecule is Cc1cc(C)c(C)c(OCCC(C)(N)CO)c1. The van der Waals surface area contributed by atoms with Gasteiger partial charge in [0.15, 0.2) is 0 Å². The maximum atomic E-state index is 9.05. The zero-order valence-electron chi connectivity index (χ0n) is 11.2. The fourth-order valence-corrected chi connectivity index (χ4v) is 1.62. The molecule has 0 heterocycles. The summed E-state index contributed by atoms with van der Waals surface area (Å²) in [6.45, 7) is 8.51. The van der Waals surface area contributed by atoms with Gasteiger partial charge in [0.2, 0.25) is 0 Å². The number of aliphatic hydroxyl groups is 1. The third kappa shape index (κ3) is 4.02. The highest BCUT2D eigenvalue weighted by Gasteiger charge is 2.17. The van der Waals surface area contributed by atoms with Crippen LogP contribution in [0.25, 0.3) is 0 Å². The summed E-state index contributed by atoms with van der Waals surface area (Å²) < 4.78 is 5.75. The Balaban J connectivity index is 2.64. The first kappa shape index (κ1) is 14.0. The first-order valence-corrected chi connectivity index (χ1v) is 5.96. The lowest BCUT2D eigenvalue weighted by molar-refractivity contribution is 0.174. The molecule has 1 rings (SSSR count). The molecule has 3 heteroatoms. The van der Waals surface area contributed by atoms with E-state index in [0.29, 0.717) is 13.0 Å². The van der Waals surface area contributed by atoms with Crippen molar-refractivity contribution in [1.82, 2.24) is 0 Å². The Morgan fingerprint density at radius 2 is 1.94 bits per heavy atom. The first-order valence-electron chi connectivity index (χ1n) is 5.96. The van der Waals surface area contributed by atoms with Gasteiger partial charge in [0, 0.05) is 12.0 Å². The standard InChI is InChI=1S/C14H23NO2/c1-10-7-11(2)12(3)13(8-10)17-6-5-14(4,15)9-16/h7-8,16H,5-6,9,15H2,1-4H3. The van der Waals surface area contributed by atoms with Crippen LogP contribution in [-0.2, 0) is 0 Å². The van der Waals surface area contributed by atoms with E-state index in [1.165, 1.54) is 16.7 Å². The number of aliphatic hydroxyl groups excluding tert-OH is 1. The molecule has 1 unspecified atom stereocenters. The van der Waals surface area contributed by atoms with Gasteiger partial charge in [-0.15, -0.1) is 0 Å². The molecule has 0 radical (unpaired) electrons. The summed E-state index contributed by atoms with van der Waals surface area (Å²) in [7, 11) is 0. The Bertz CT molecular complexity index is 386. The summed E-state index contributed by atoms with van der Waals surface area (Å²) in [5, 5.41) is 9.05. The van der Waals surface area contributed by atoms with Gasteiger partial charge in [-0.25, -0.2) is 0 Å². The second-order valence-electron chi connectivity index (χ2n) is 5.12. The van der Waals surface area contributed by atoms with Gasteiger partial charge >= 0.3 is 0 Å². The summed E-state index contributed by atoms with van der Waals surface area (Å²) in [5.74, 6) is 0.913. The predicted molar refractivity (Wildman–Crippen MR) is 70.4 cm³/mol. The fourth-order valence-electron chi connectivity index (χ4n) is 1.62. The maximum Gasteiger partial charge on any atom is 0.122 e. The van der Waals surface area contributed by atoms with E-state index in [4.69, 9.17) is 15.6 Å². The van der Waals surface area contributed by atoms with Crippen LogP contribution < -0.4 is 10.5 Å². The number of rotatable bonds is 5. The minimum atomic E-state index is -0.563. The number of ether oxygens (including phenoxy) is 1. The molecule has 0 aliphatic carbocycles. The highest BCUT2D eigenvalue weighted by atomic mass is 16.5. The van der Waals surface area contributed by atoms with E-state index in [1.807, 2.05) is 13.0 Å². The molecular formula is C14H23NO2. The fraction of sp³-hybridized carbons (Fsp3) is 0.571. The van der Waals surface area contributed by atoms with Crippen molar-refractivity contribution < 1.29 is 9.84 Å². The maximum absolute atomic E-state index is 9.05. The van der Waals surface area contributed by atoms with Crippen LogP contribution in [0.2, 0.25) is 0 Å². The van der Waals surface area contributed by atoms with Crippen LogP contribution in [0.4, 0.5) is 0 Å². The Morgan fingerprint density at radius 3 is 2.53 bits per heavy atom. The molecule has 0 aliphatic heterocycles. The molecule has 17 heavy (non-hydrogen) atoms. The third-order valence-electron chi connectivity index (χ3n) is 3.06. The van der Waals surface area contributed by atoms with Gasteiger partial charge in [-0.3, -0.25) is 0 Å². The molecular weight excluding hydrogens is 214 g/mol. The molecule has 1 aromatic carbocycles. The van der Waals surface area contributed by atoms with Crippen molar-refractivity contribution in [3.05, 3.63) is 28.8 Å². The quantitative estimate of drug-likeness (QED) is 0.824. The molecule has 3 N–H and O–H groups in total. The van der Waals surface area contributed by atoms with Gasteiger partial charge in [-0.05, 0) is 50.5 Å². The van der Waals surface area contributed by atoms with Gasteiger partial charge in [0.25, 0.3) is 0 Å². The summed E-state index contributed by atoms with van der Waals surface area (Å²) in [5.41, 5.74) is 8.88. The zero-order chi connectivity index (χ0) is 13.1. The van der Waals surface area contributed by atoms with Crippen molar-refractivity contribution in [1.29, 1.82) is 0 Å². The molecule has 0 fully saturated rings. The molecule has 0 spiro atoms. The zero-order valence-corrected chi connectivity index (χ0v) is 11.2. The molecule has 0 saturated heterocycles. The summed E-state index contributed by atoms with van der Waals surface area (Å²) in [4.78, 5) is 0. The van der Waals surface area contributed by atoms with Gasteiger partial charge < -0.3 is 15.6 Å². The largest absolute Gasteiger partial charge is 0.493 e. The van der Waals surface area contributed by atoms with E-state index in [-0.39, 0.29) is 6.61 Å². The minimum Gasteiger partial charge on any atom is -0.493 e. The first-order chi connectivity index (χ1) is 7.85. The normalized spacial score (nSPS) is 14.5. The second kappa shape index (κ2) is 5.52. The number of benzene rings is 1. The summed E-state index contributed by atoms with van der Waals surface area (Å²) in [6.07, 6.45) is 0.635. The van der Waals surface area contributed by atoms with Gasteiger partial charge in [0.05, 0.1) is 13.2 Å². The topological polar surface area (TPSA) is 55.5 Å².